The fourth-order valence-electron chi connectivity index (χ4n) is 1.85. The van der Waals surface area contributed by atoms with E-state index in [1.165, 1.54) is 12.5 Å². The third-order valence-electron chi connectivity index (χ3n) is 2.91. The van der Waals surface area contributed by atoms with E-state index in [2.05, 4.69) is 10.1 Å². The molecule has 0 radical (unpaired) electrons. The van der Waals surface area contributed by atoms with Gasteiger partial charge in [-0.25, -0.2) is 0 Å². The van der Waals surface area contributed by atoms with E-state index >= 15 is 0 Å². The maximum Gasteiger partial charge on any atom is 0.181 e. The Kier molecular flexibility index (Phi) is 3.14. The van der Waals surface area contributed by atoms with Gasteiger partial charge in [0.25, 0.3) is 0 Å². The van der Waals surface area contributed by atoms with Crippen molar-refractivity contribution in [3.8, 4) is 11.3 Å². The molecule has 0 atom stereocenters. The van der Waals surface area contributed by atoms with Gasteiger partial charge in [0.2, 0.25) is 0 Å². The maximum absolute atomic E-state index is 12.0. The number of aromatic amines is 1. The molecule has 1 N–H and O–H groups in total. The molecular formula is C13H14N2O3. The Morgan fingerprint density at radius 3 is 2.72 bits per heavy atom. The number of H-pyrrole nitrogens is 1. The summed E-state index contributed by atoms with van der Waals surface area (Å²) in [6.07, 6.45) is 3.68. The minimum absolute atomic E-state index is 0.0155. The van der Waals surface area contributed by atoms with E-state index in [4.69, 9.17) is 4.52 Å². The molecule has 5 heteroatoms. The molecule has 18 heavy (non-hydrogen) atoms. The number of carbonyl (C=O) groups excluding carboxylic acids is 2. The molecule has 2 aromatic heterocycles. The molecule has 0 aliphatic rings. The Morgan fingerprint density at radius 2 is 2.22 bits per heavy atom. The molecule has 0 aliphatic carbocycles. The summed E-state index contributed by atoms with van der Waals surface area (Å²) in [5.74, 6) is -0.143. The van der Waals surface area contributed by atoms with E-state index in [1.54, 1.807) is 6.92 Å². The van der Waals surface area contributed by atoms with Gasteiger partial charge in [-0.3, -0.25) is 9.59 Å². The molecule has 0 saturated carbocycles. The molecule has 94 valence electrons. The largest absolute Gasteiger partial charge is 0.364 e. The number of rotatable bonds is 4. The van der Waals surface area contributed by atoms with Crippen molar-refractivity contribution in [3.63, 3.8) is 0 Å². The van der Waals surface area contributed by atoms with E-state index in [0.29, 0.717) is 28.1 Å². The lowest BCUT2D eigenvalue weighted by atomic mass is 10.0. The maximum atomic E-state index is 12.0. The van der Waals surface area contributed by atoms with Crippen LogP contribution in [0, 0.1) is 12.8 Å². The van der Waals surface area contributed by atoms with Gasteiger partial charge in [0, 0.05) is 11.5 Å². The molecule has 0 saturated heterocycles. The first kappa shape index (κ1) is 12.3. The number of Topliss-reactive ketones (excluding diaryl/α,β-unsaturated/α-hetero) is 1. The highest BCUT2D eigenvalue weighted by Gasteiger charge is 2.22. The van der Waals surface area contributed by atoms with Crippen molar-refractivity contribution in [1.82, 2.24) is 10.1 Å². The second-order valence-electron chi connectivity index (χ2n) is 4.46. The van der Waals surface area contributed by atoms with Crippen LogP contribution in [0.15, 0.2) is 17.0 Å². The predicted molar refractivity (Wildman–Crippen MR) is 65.6 cm³/mol. The van der Waals surface area contributed by atoms with Gasteiger partial charge in [-0.05, 0) is 12.5 Å². The number of aldehydes is 1. The molecule has 0 amide bonds. The van der Waals surface area contributed by atoms with Gasteiger partial charge in [-0.15, -0.1) is 0 Å². The standard InChI is InChI=1S/C13H14N2O3/c1-7(2)13(17)11-8(3)10(5-16)12(15-11)9-4-14-18-6-9/h4-7,15H,1-3H3. The Morgan fingerprint density at radius 1 is 1.50 bits per heavy atom. The number of carbonyl (C=O) groups is 2. The lowest BCUT2D eigenvalue weighted by molar-refractivity contribution is 0.0934. The van der Waals surface area contributed by atoms with Crippen molar-refractivity contribution in [2.45, 2.75) is 20.8 Å². The fourth-order valence-corrected chi connectivity index (χ4v) is 1.85. The van der Waals surface area contributed by atoms with E-state index in [0.717, 1.165) is 6.29 Å². The molecule has 0 unspecified atom stereocenters. The topological polar surface area (TPSA) is 76.0 Å². The molecule has 2 heterocycles. The SMILES string of the molecule is Cc1c(C(=O)C(C)C)[nH]c(-c2cnoc2)c1C=O. The third-order valence-corrected chi connectivity index (χ3v) is 2.91. The first-order valence-electron chi connectivity index (χ1n) is 5.68. The van der Waals surface area contributed by atoms with Gasteiger partial charge in [-0.2, -0.15) is 0 Å². The summed E-state index contributed by atoms with van der Waals surface area (Å²) in [5, 5.41) is 3.60. The number of aromatic nitrogens is 2. The lowest BCUT2D eigenvalue weighted by Crippen LogP contribution is -2.09. The first-order valence-corrected chi connectivity index (χ1v) is 5.68. The van der Waals surface area contributed by atoms with E-state index in [1.807, 2.05) is 13.8 Å². The van der Waals surface area contributed by atoms with Crippen LogP contribution in [0.5, 0.6) is 0 Å². The molecule has 0 spiro atoms. The second kappa shape index (κ2) is 4.60. The quantitative estimate of drug-likeness (QED) is 0.664. The van der Waals surface area contributed by atoms with Gasteiger partial charge in [0.15, 0.2) is 12.1 Å². The van der Waals surface area contributed by atoms with E-state index in [9.17, 15) is 9.59 Å². The highest BCUT2D eigenvalue weighted by molar-refractivity contribution is 6.02. The van der Waals surface area contributed by atoms with E-state index < -0.39 is 0 Å². The van der Waals surface area contributed by atoms with Crippen molar-refractivity contribution in [2.24, 2.45) is 5.92 Å². The Bertz CT molecular complexity index is 580. The number of hydrogen-bond acceptors (Lipinski definition) is 4. The molecule has 0 fully saturated rings. The Balaban J connectivity index is 2.59. The van der Waals surface area contributed by atoms with Crippen molar-refractivity contribution in [1.29, 1.82) is 0 Å². The monoisotopic (exact) mass is 246 g/mol. The zero-order valence-electron chi connectivity index (χ0n) is 10.5. The zero-order chi connectivity index (χ0) is 13.3. The van der Waals surface area contributed by atoms with Crippen LogP contribution in [-0.4, -0.2) is 22.2 Å². The van der Waals surface area contributed by atoms with Gasteiger partial charge < -0.3 is 9.51 Å². The fraction of sp³-hybridized carbons (Fsp3) is 0.308. The van der Waals surface area contributed by atoms with Crippen LogP contribution in [0.3, 0.4) is 0 Å². The van der Waals surface area contributed by atoms with Crippen molar-refractivity contribution in [3.05, 3.63) is 29.3 Å². The summed E-state index contributed by atoms with van der Waals surface area (Å²) in [6, 6.07) is 0. The Labute approximate surface area is 104 Å². The average Bonchev–Trinajstić information content (AvgIpc) is 2.94. The number of hydrogen-bond donors (Lipinski definition) is 1. The van der Waals surface area contributed by atoms with Crippen LogP contribution in [0.25, 0.3) is 11.3 Å². The molecule has 2 rings (SSSR count). The first-order chi connectivity index (χ1) is 8.56. The number of nitrogens with zero attached hydrogens (tertiary/aromatic N) is 1. The smallest absolute Gasteiger partial charge is 0.181 e. The summed E-state index contributed by atoms with van der Waals surface area (Å²) in [4.78, 5) is 26.2. The Hall–Kier alpha value is -2.17. The number of ketones is 1. The van der Waals surface area contributed by atoms with E-state index in [-0.39, 0.29) is 11.7 Å². The highest BCUT2D eigenvalue weighted by atomic mass is 16.5. The van der Waals surface area contributed by atoms with Crippen LogP contribution >= 0.6 is 0 Å². The van der Waals surface area contributed by atoms with Crippen molar-refractivity contribution in [2.75, 3.05) is 0 Å². The minimum atomic E-state index is -0.128. The summed E-state index contributed by atoms with van der Waals surface area (Å²) in [6.45, 7) is 5.40. The second-order valence-corrected chi connectivity index (χ2v) is 4.46. The van der Waals surface area contributed by atoms with Crippen LogP contribution in [0.4, 0.5) is 0 Å². The van der Waals surface area contributed by atoms with Crippen LogP contribution < -0.4 is 0 Å². The molecule has 2 aromatic rings. The molecular weight excluding hydrogens is 232 g/mol. The summed E-state index contributed by atoms with van der Waals surface area (Å²) in [5.41, 5.74) is 2.85. The van der Waals surface area contributed by atoms with Gasteiger partial charge in [-0.1, -0.05) is 19.0 Å². The zero-order valence-corrected chi connectivity index (χ0v) is 10.5. The van der Waals surface area contributed by atoms with Gasteiger partial charge in [0.1, 0.15) is 6.26 Å². The number of nitrogens with one attached hydrogen (secondary N) is 1. The van der Waals surface area contributed by atoms with Crippen molar-refractivity contribution >= 4 is 12.1 Å². The van der Waals surface area contributed by atoms with Crippen LogP contribution in [0.1, 0.15) is 40.3 Å². The van der Waals surface area contributed by atoms with Crippen LogP contribution in [0.2, 0.25) is 0 Å². The van der Waals surface area contributed by atoms with Gasteiger partial charge in [0.05, 0.1) is 23.1 Å². The van der Waals surface area contributed by atoms with Gasteiger partial charge >= 0.3 is 0 Å². The lowest BCUT2D eigenvalue weighted by Gasteiger charge is -2.02. The molecule has 0 aromatic carbocycles. The summed E-state index contributed by atoms with van der Waals surface area (Å²) in [7, 11) is 0. The summed E-state index contributed by atoms with van der Waals surface area (Å²) < 4.78 is 4.75. The molecule has 0 bridgehead atoms. The molecule has 0 aliphatic heterocycles. The normalized spacial score (nSPS) is 10.9. The van der Waals surface area contributed by atoms with Crippen LogP contribution in [-0.2, 0) is 0 Å². The minimum Gasteiger partial charge on any atom is -0.364 e. The highest BCUT2D eigenvalue weighted by Crippen LogP contribution is 2.27. The van der Waals surface area contributed by atoms with Crippen molar-refractivity contribution < 1.29 is 14.1 Å². The third kappa shape index (κ3) is 1.88. The predicted octanol–water partition coefficient (Wildman–Crippen LogP) is 2.63. The summed E-state index contributed by atoms with van der Waals surface area (Å²) >= 11 is 0. The molecule has 5 nitrogen and oxygen atoms in total. The average molecular weight is 246 g/mol.